The number of likely N-dealkylation sites (N-methyl/N-ethyl adjacent to an activating group) is 1. The van der Waals surface area contributed by atoms with E-state index in [1.165, 1.54) is 12.3 Å². The van der Waals surface area contributed by atoms with E-state index >= 15 is 0 Å². The van der Waals surface area contributed by atoms with Crippen LogP contribution in [0, 0.1) is 6.57 Å². The van der Waals surface area contributed by atoms with Crippen molar-refractivity contribution in [1.82, 2.24) is 24.8 Å². The Labute approximate surface area is 271 Å². The molecule has 3 aliphatic rings. The molecule has 2 fully saturated rings. The fourth-order valence-corrected chi connectivity index (χ4v) is 6.51. The van der Waals surface area contributed by atoms with Gasteiger partial charge >= 0.3 is 18.3 Å². The van der Waals surface area contributed by atoms with Crippen LogP contribution in [0.15, 0.2) is 48.8 Å². The monoisotopic (exact) mass is 650 g/mol. The molecular weight excluding hydrogens is 613 g/mol. The smallest absolute Gasteiger partial charge is 0.419 e. The third-order valence-electron chi connectivity index (χ3n) is 9.07. The lowest BCUT2D eigenvalue weighted by Crippen LogP contribution is -2.57. The van der Waals surface area contributed by atoms with Gasteiger partial charge in [-0.25, -0.2) is 11.4 Å². The second-order valence-corrected chi connectivity index (χ2v) is 12.1. The Balaban J connectivity index is 1.26. The van der Waals surface area contributed by atoms with E-state index < -0.39 is 23.9 Å². The minimum Gasteiger partial charge on any atom is -0.462 e. The van der Waals surface area contributed by atoms with Crippen LogP contribution in [0.4, 0.5) is 29.5 Å². The lowest BCUT2D eigenvalue weighted by molar-refractivity contribution is -0.137. The summed E-state index contributed by atoms with van der Waals surface area (Å²) in [5.41, 5.74) is 1.54. The molecule has 248 valence electrons. The van der Waals surface area contributed by atoms with Gasteiger partial charge in [0.2, 0.25) is 6.54 Å². The van der Waals surface area contributed by atoms with Crippen molar-refractivity contribution in [3.63, 3.8) is 0 Å². The molecule has 3 aromatic rings. The predicted octanol–water partition coefficient (Wildman–Crippen LogP) is 4.67. The quantitative estimate of drug-likeness (QED) is 0.323. The summed E-state index contributed by atoms with van der Waals surface area (Å²) in [6.45, 7) is 10.7. The van der Waals surface area contributed by atoms with Crippen molar-refractivity contribution in [2.24, 2.45) is 0 Å². The average molecular weight is 651 g/mol. The van der Waals surface area contributed by atoms with Gasteiger partial charge in [-0.1, -0.05) is 30.3 Å². The summed E-state index contributed by atoms with van der Waals surface area (Å²) >= 11 is 0. The van der Waals surface area contributed by atoms with Crippen LogP contribution >= 0.6 is 0 Å². The fourth-order valence-electron chi connectivity index (χ4n) is 6.51. The van der Waals surface area contributed by atoms with E-state index in [2.05, 4.69) is 14.7 Å². The molecule has 1 aromatic carbocycles. The van der Waals surface area contributed by atoms with E-state index in [9.17, 15) is 18.0 Å². The summed E-state index contributed by atoms with van der Waals surface area (Å²) in [5, 5.41) is 0. The minimum absolute atomic E-state index is 0.0492. The molecule has 1 amide bonds. The highest BCUT2D eigenvalue weighted by molar-refractivity contribution is 5.69. The van der Waals surface area contributed by atoms with Gasteiger partial charge < -0.3 is 29.0 Å². The van der Waals surface area contributed by atoms with Crippen LogP contribution in [0.25, 0.3) is 4.85 Å². The number of aromatic nitrogens is 3. The number of piperazine rings is 1. The molecule has 0 bridgehead atoms. The van der Waals surface area contributed by atoms with Crippen molar-refractivity contribution in [1.29, 1.82) is 0 Å². The molecule has 1 unspecified atom stereocenters. The Kier molecular flexibility index (Phi) is 9.63. The van der Waals surface area contributed by atoms with E-state index in [4.69, 9.17) is 26.0 Å². The predicted molar refractivity (Wildman–Crippen MR) is 168 cm³/mol. The molecule has 0 saturated carbocycles. The second kappa shape index (κ2) is 14.0. The van der Waals surface area contributed by atoms with Gasteiger partial charge in [0, 0.05) is 50.2 Å². The maximum atomic E-state index is 13.9. The Morgan fingerprint density at radius 1 is 1.06 bits per heavy atom. The molecule has 0 spiro atoms. The van der Waals surface area contributed by atoms with Crippen LogP contribution < -0.4 is 14.5 Å². The molecule has 2 saturated heterocycles. The van der Waals surface area contributed by atoms with Crippen LogP contribution in [0.5, 0.6) is 6.01 Å². The number of nitrogens with zero attached hydrogens (tertiary/aromatic N) is 8. The molecule has 11 nitrogen and oxygen atoms in total. The molecule has 3 aliphatic heterocycles. The van der Waals surface area contributed by atoms with Gasteiger partial charge in [-0.3, -0.25) is 9.88 Å². The third-order valence-corrected chi connectivity index (χ3v) is 9.07. The zero-order valence-electron chi connectivity index (χ0n) is 26.2. The summed E-state index contributed by atoms with van der Waals surface area (Å²) in [6.07, 6.45) is -0.352. The van der Waals surface area contributed by atoms with Gasteiger partial charge in [0.15, 0.2) is 0 Å². The van der Waals surface area contributed by atoms with Crippen molar-refractivity contribution in [2.45, 2.75) is 50.7 Å². The fraction of sp³-hybridized carbons (Fsp3) is 0.485. The van der Waals surface area contributed by atoms with Crippen molar-refractivity contribution in [3.05, 3.63) is 82.6 Å². The molecule has 0 aliphatic carbocycles. The number of carbonyl (C=O) groups is 1. The molecule has 14 heteroatoms. The first-order valence-corrected chi connectivity index (χ1v) is 15.8. The summed E-state index contributed by atoms with van der Waals surface area (Å²) in [6, 6.07) is 10.7. The first-order valence-electron chi connectivity index (χ1n) is 15.8. The first-order chi connectivity index (χ1) is 22.7. The number of amides is 1. The van der Waals surface area contributed by atoms with Gasteiger partial charge in [0.05, 0.1) is 23.5 Å². The normalized spacial score (nSPS) is 20.1. The summed E-state index contributed by atoms with van der Waals surface area (Å²) < 4.78 is 53.4. The Bertz CT molecular complexity index is 1600. The summed E-state index contributed by atoms with van der Waals surface area (Å²) in [5.74, 6) is 0.627. The zero-order chi connectivity index (χ0) is 33.0. The number of alkyl halides is 3. The topological polar surface area (TPSA) is 91.5 Å². The highest BCUT2D eigenvalue weighted by Gasteiger charge is 2.38. The zero-order valence-corrected chi connectivity index (χ0v) is 26.2. The van der Waals surface area contributed by atoms with Crippen LogP contribution in [-0.2, 0) is 30.5 Å². The number of hydrogen-bond acceptors (Lipinski definition) is 9. The highest BCUT2D eigenvalue weighted by Crippen LogP contribution is 2.39. The number of fused-ring (bicyclic) bond motifs is 1. The van der Waals surface area contributed by atoms with E-state index in [-0.39, 0.29) is 37.4 Å². The molecule has 5 heterocycles. The van der Waals surface area contributed by atoms with Gasteiger partial charge in [0.25, 0.3) is 0 Å². The highest BCUT2D eigenvalue weighted by atomic mass is 19.4. The number of benzene rings is 1. The number of halogens is 3. The molecule has 6 rings (SSSR count). The Hall–Kier alpha value is -4.64. The van der Waals surface area contributed by atoms with E-state index in [1.807, 2.05) is 42.3 Å². The van der Waals surface area contributed by atoms with Gasteiger partial charge in [-0.15, -0.1) is 0 Å². The average Bonchev–Trinajstić information content (AvgIpc) is 3.50. The van der Waals surface area contributed by atoms with Crippen molar-refractivity contribution in [2.75, 3.05) is 62.7 Å². The lowest BCUT2D eigenvalue weighted by atomic mass is 10.0. The molecule has 2 aromatic heterocycles. The standard InChI is InChI=1S/C33H37F3N8O3/c1-37-17-25-19-43(15-16-44(25)32(45)47-21-23-7-4-3-5-8-23)30-26-11-14-42(29-10-12-38-18-27(29)33(34,35)36)20-28(26)39-31(40-30)46-22-24-9-6-13-41(24)2/h3-5,7-8,10,12,18,24-25H,6,9,11,13-17,19-22H2,2H3/t24-,25?/m0/s1. The van der Waals surface area contributed by atoms with Gasteiger partial charge in [0.1, 0.15) is 25.1 Å². The lowest BCUT2D eigenvalue weighted by Gasteiger charge is -2.40. The summed E-state index contributed by atoms with van der Waals surface area (Å²) in [7, 11) is 2.05. The maximum Gasteiger partial charge on any atom is 0.419 e. The number of pyridine rings is 1. The second-order valence-electron chi connectivity index (χ2n) is 12.1. The molecule has 2 atom stereocenters. The van der Waals surface area contributed by atoms with Crippen LogP contribution in [0.3, 0.4) is 0 Å². The molecule has 47 heavy (non-hydrogen) atoms. The SMILES string of the molecule is [C-]#[N+]CC1CN(c2nc(OC[C@@H]3CCCN3C)nc3c2CCN(c2ccncc2C(F)(F)F)C3)CCN1C(=O)OCc1ccccc1. The van der Waals surface area contributed by atoms with Gasteiger partial charge in [-0.2, -0.15) is 23.1 Å². The number of carbonyl (C=O) groups excluding carboxylic acids is 1. The molecule has 0 radical (unpaired) electrons. The van der Waals surface area contributed by atoms with E-state index in [1.54, 1.807) is 9.80 Å². The number of rotatable bonds is 8. The first kappa shape index (κ1) is 32.3. The largest absolute Gasteiger partial charge is 0.462 e. The third kappa shape index (κ3) is 7.35. The number of hydrogen-bond donors (Lipinski definition) is 0. The summed E-state index contributed by atoms with van der Waals surface area (Å²) in [4.78, 5) is 37.6. The van der Waals surface area contributed by atoms with Crippen LogP contribution in [-0.4, -0.2) is 95.9 Å². The molecular formula is C33H37F3N8O3. The minimum atomic E-state index is -4.55. The van der Waals surface area contributed by atoms with Crippen molar-refractivity contribution < 1.29 is 27.4 Å². The maximum absolute atomic E-state index is 13.9. The van der Waals surface area contributed by atoms with Crippen LogP contribution in [0.2, 0.25) is 0 Å². The van der Waals surface area contributed by atoms with Crippen molar-refractivity contribution >= 4 is 17.6 Å². The van der Waals surface area contributed by atoms with Gasteiger partial charge in [-0.05, 0) is 44.5 Å². The number of likely N-dealkylation sites (tertiary alicyclic amines) is 1. The molecule has 0 N–H and O–H groups in total. The van der Waals surface area contributed by atoms with E-state index in [0.29, 0.717) is 50.7 Å². The number of ether oxygens (including phenoxy) is 2. The van der Waals surface area contributed by atoms with Crippen molar-refractivity contribution in [3.8, 4) is 6.01 Å². The van der Waals surface area contributed by atoms with E-state index in [0.717, 1.165) is 36.7 Å². The van der Waals surface area contributed by atoms with Crippen LogP contribution in [0.1, 0.15) is 35.2 Å². The number of anilines is 2. The Morgan fingerprint density at radius 3 is 2.64 bits per heavy atom. The Morgan fingerprint density at radius 2 is 1.89 bits per heavy atom.